The maximum absolute atomic E-state index is 12.6. The van der Waals surface area contributed by atoms with Crippen molar-refractivity contribution in [1.82, 2.24) is 30.1 Å². The van der Waals surface area contributed by atoms with Gasteiger partial charge in [-0.2, -0.15) is 5.10 Å². The van der Waals surface area contributed by atoms with Crippen LogP contribution < -0.4 is 0 Å². The van der Waals surface area contributed by atoms with Gasteiger partial charge in [0, 0.05) is 23.9 Å². The number of H-pyrrole nitrogens is 1. The first-order valence-electron chi connectivity index (χ1n) is 10.9. The van der Waals surface area contributed by atoms with Gasteiger partial charge < -0.3 is 4.90 Å². The molecule has 7 nitrogen and oxygen atoms in total. The molecule has 0 spiro atoms. The van der Waals surface area contributed by atoms with Gasteiger partial charge in [0.05, 0.1) is 17.4 Å². The Morgan fingerprint density at radius 2 is 2.00 bits per heavy atom. The number of likely N-dealkylation sites (tertiary alicyclic amines) is 1. The third-order valence-electron chi connectivity index (χ3n) is 6.16. The van der Waals surface area contributed by atoms with Gasteiger partial charge in [-0.1, -0.05) is 23.4 Å². The molecule has 0 aliphatic carbocycles. The number of para-hydroxylation sites is 1. The molecule has 1 fully saturated rings. The van der Waals surface area contributed by atoms with E-state index in [1.54, 1.807) is 4.68 Å². The molecule has 0 saturated carbocycles. The first-order valence-corrected chi connectivity index (χ1v) is 10.9. The zero-order valence-corrected chi connectivity index (χ0v) is 17.7. The van der Waals surface area contributed by atoms with E-state index in [1.807, 2.05) is 54.7 Å². The molecule has 1 saturated heterocycles. The number of Topliss-reactive ketones (excluding diaryl/α,β-unsaturated/α-hetero) is 1. The highest BCUT2D eigenvalue weighted by Gasteiger charge is 2.18. The van der Waals surface area contributed by atoms with Crippen molar-refractivity contribution in [2.24, 2.45) is 5.92 Å². The van der Waals surface area contributed by atoms with Crippen LogP contribution >= 0.6 is 0 Å². The van der Waals surface area contributed by atoms with E-state index in [1.165, 1.54) is 19.4 Å². The Kier molecular flexibility index (Phi) is 5.34. The highest BCUT2D eigenvalue weighted by Crippen LogP contribution is 2.25. The van der Waals surface area contributed by atoms with Gasteiger partial charge in [-0.15, -0.1) is 5.10 Å². The summed E-state index contributed by atoms with van der Waals surface area (Å²) in [5.74, 6) is 0.843. The predicted molar refractivity (Wildman–Crippen MR) is 120 cm³/mol. The number of rotatable bonds is 6. The molecule has 5 rings (SSSR count). The maximum Gasteiger partial charge on any atom is 0.162 e. The van der Waals surface area contributed by atoms with Crippen LogP contribution in [0.25, 0.3) is 28.0 Å². The molecular formula is C24H26N6O. The number of ketones is 1. The van der Waals surface area contributed by atoms with Crippen LogP contribution in [0.4, 0.5) is 0 Å². The Morgan fingerprint density at radius 1 is 1.16 bits per heavy atom. The summed E-state index contributed by atoms with van der Waals surface area (Å²) in [4.78, 5) is 15.0. The van der Waals surface area contributed by atoms with E-state index in [2.05, 4.69) is 32.5 Å². The third kappa shape index (κ3) is 4.14. The second kappa shape index (κ2) is 8.43. The molecule has 1 unspecified atom stereocenters. The van der Waals surface area contributed by atoms with Gasteiger partial charge in [0.15, 0.2) is 5.78 Å². The van der Waals surface area contributed by atoms with Crippen LogP contribution in [0.2, 0.25) is 0 Å². The molecule has 4 aromatic rings. The zero-order valence-electron chi connectivity index (χ0n) is 17.7. The first kappa shape index (κ1) is 19.6. The number of aromatic nitrogens is 5. The van der Waals surface area contributed by atoms with Crippen molar-refractivity contribution < 1.29 is 4.79 Å². The van der Waals surface area contributed by atoms with Crippen molar-refractivity contribution in [3.63, 3.8) is 0 Å². The Hall–Kier alpha value is -3.32. The first-order chi connectivity index (χ1) is 15.2. The van der Waals surface area contributed by atoms with Gasteiger partial charge in [0.25, 0.3) is 0 Å². The summed E-state index contributed by atoms with van der Waals surface area (Å²) in [5, 5.41) is 17.0. The van der Waals surface area contributed by atoms with E-state index >= 15 is 0 Å². The monoisotopic (exact) mass is 414 g/mol. The van der Waals surface area contributed by atoms with Crippen LogP contribution in [0.15, 0.2) is 54.7 Å². The minimum Gasteiger partial charge on any atom is -0.306 e. The highest BCUT2D eigenvalue weighted by molar-refractivity contribution is 5.96. The van der Waals surface area contributed by atoms with Crippen LogP contribution in [-0.4, -0.2) is 56.0 Å². The van der Waals surface area contributed by atoms with Crippen molar-refractivity contribution >= 4 is 16.7 Å². The number of carbonyl (C=O) groups is 1. The van der Waals surface area contributed by atoms with Crippen molar-refractivity contribution in [3.05, 3.63) is 60.3 Å². The lowest BCUT2D eigenvalue weighted by atomic mass is 9.92. The normalized spacial score (nSPS) is 17.3. The van der Waals surface area contributed by atoms with Crippen molar-refractivity contribution in [1.29, 1.82) is 0 Å². The molecule has 1 aliphatic heterocycles. The fraction of sp³-hybridized carbons (Fsp3) is 0.333. The molecule has 2 aromatic heterocycles. The minimum absolute atomic E-state index is 0.210. The fourth-order valence-corrected chi connectivity index (χ4v) is 4.45. The second-order valence-electron chi connectivity index (χ2n) is 8.45. The molecule has 0 radical (unpaired) electrons. The third-order valence-corrected chi connectivity index (χ3v) is 6.16. The molecule has 31 heavy (non-hydrogen) atoms. The van der Waals surface area contributed by atoms with Crippen LogP contribution in [0.5, 0.6) is 0 Å². The summed E-state index contributed by atoms with van der Waals surface area (Å²) in [7, 11) is 2.16. The number of piperidine rings is 1. The van der Waals surface area contributed by atoms with Crippen LogP contribution in [0, 0.1) is 5.92 Å². The average molecular weight is 415 g/mol. The molecule has 0 amide bonds. The number of nitrogens with one attached hydrogen (secondary N) is 1. The lowest BCUT2D eigenvalue weighted by Gasteiger charge is -2.29. The number of aromatic amines is 1. The zero-order chi connectivity index (χ0) is 21.2. The van der Waals surface area contributed by atoms with Gasteiger partial charge in [-0.25, -0.2) is 4.68 Å². The largest absolute Gasteiger partial charge is 0.306 e. The molecule has 3 heterocycles. The fourth-order valence-electron chi connectivity index (χ4n) is 4.45. The number of hydrogen-bond acceptors (Lipinski definition) is 5. The predicted octanol–water partition coefficient (Wildman–Crippen LogP) is 4.12. The summed E-state index contributed by atoms with van der Waals surface area (Å²) in [5.41, 5.74) is 4.07. The summed E-state index contributed by atoms with van der Waals surface area (Å²) < 4.78 is 1.71. The van der Waals surface area contributed by atoms with Gasteiger partial charge in [0.2, 0.25) is 0 Å². The van der Waals surface area contributed by atoms with Crippen LogP contribution in [0.3, 0.4) is 0 Å². The van der Waals surface area contributed by atoms with Crippen molar-refractivity contribution in [2.45, 2.75) is 25.7 Å². The van der Waals surface area contributed by atoms with Gasteiger partial charge >= 0.3 is 0 Å². The van der Waals surface area contributed by atoms with Crippen molar-refractivity contribution in [3.8, 4) is 17.1 Å². The van der Waals surface area contributed by atoms with E-state index in [-0.39, 0.29) is 5.78 Å². The summed E-state index contributed by atoms with van der Waals surface area (Å²) in [6, 6.07) is 15.6. The van der Waals surface area contributed by atoms with Gasteiger partial charge in [0.1, 0.15) is 11.4 Å². The SMILES string of the molecule is CN1CCCC(CCC(=O)c2ccc(-n3cc(-c4n[nH]c5ccccc45)nn3)cc2)C1. The topological polar surface area (TPSA) is 79.7 Å². The van der Waals surface area contributed by atoms with Crippen LogP contribution in [-0.2, 0) is 0 Å². The second-order valence-corrected chi connectivity index (χ2v) is 8.45. The minimum atomic E-state index is 0.210. The van der Waals surface area contributed by atoms with Gasteiger partial charge in [-0.3, -0.25) is 9.89 Å². The lowest BCUT2D eigenvalue weighted by molar-refractivity contribution is 0.0963. The lowest BCUT2D eigenvalue weighted by Crippen LogP contribution is -2.32. The smallest absolute Gasteiger partial charge is 0.162 e. The van der Waals surface area contributed by atoms with E-state index in [0.717, 1.165) is 40.8 Å². The number of nitrogens with zero attached hydrogens (tertiary/aromatic N) is 5. The standard InChI is InChI=1S/C24H26N6O/c1-29-14-4-5-17(15-29)8-13-23(31)18-9-11-19(12-10-18)30-16-22(26-28-30)24-20-6-2-3-7-21(20)25-27-24/h2-3,6-7,9-12,16-17H,4-5,8,13-15H2,1H3,(H,25,27). The molecule has 2 aromatic carbocycles. The van der Waals surface area contributed by atoms with E-state index in [9.17, 15) is 4.79 Å². The quantitative estimate of drug-likeness (QED) is 0.480. The summed E-state index contributed by atoms with van der Waals surface area (Å²) >= 11 is 0. The molecule has 0 bridgehead atoms. The van der Waals surface area contributed by atoms with E-state index in [4.69, 9.17) is 0 Å². The number of carbonyl (C=O) groups excluding carboxylic acids is 1. The molecule has 1 N–H and O–H groups in total. The van der Waals surface area contributed by atoms with E-state index < -0.39 is 0 Å². The number of fused-ring (bicyclic) bond motifs is 1. The molecular weight excluding hydrogens is 388 g/mol. The van der Waals surface area contributed by atoms with E-state index in [0.29, 0.717) is 18.0 Å². The molecule has 158 valence electrons. The Labute approximate surface area is 181 Å². The summed E-state index contributed by atoms with van der Waals surface area (Å²) in [6.45, 7) is 2.28. The molecule has 7 heteroatoms. The Morgan fingerprint density at radius 3 is 2.84 bits per heavy atom. The Bertz CT molecular complexity index is 1190. The average Bonchev–Trinajstić information content (AvgIpc) is 3.45. The molecule has 1 atom stereocenters. The maximum atomic E-state index is 12.6. The number of hydrogen-bond donors (Lipinski definition) is 1. The Balaban J connectivity index is 1.26. The van der Waals surface area contributed by atoms with Gasteiger partial charge in [-0.05, 0) is 69.1 Å². The number of benzene rings is 2. The van der Waals surface area contributed by atoms with Crippen LogP contribution in [0.1, 0.15) is 36.0 Å². The summed E-state index contributed by atoms with van der Waals surface area (Å²) in [6.07, 6.45) is 5.90. The highest BCUT2D eigenvalue weighted by atomic mass is 16.1. The van der Waals surface area contributed by atoms with Crippen molar-refractivity contribution in [2.75, 3.05) is 20.1 Å². The molecule has 1 aliphatic rings.